The molecule has 1 unspecified atom stereocenters. The lowest BCUT2D eigenvalue weighted by Gasteiger charge is -2.34. The molecule has 1 N–H and O–H groups in total. The fourth-order valence-corrected chi connectivity index (χ4v) is 5.13. The van der Waals surface area contributed by atoms with Gasteiger partial charge in [-0.2, -0.15) is 0 Å². The van der Waals surface area contributed by atoms with Gasteiger partial charge in [0.25, 0.3) is 5.91 Å². The fraction of sp³-hybridized carbons (Fsp3) is 0.593. The summed E-state index contributed by atoms with van der Waals surface area (Å²) < 4.78 is 34.6. The van der Waals surface area contributed by atoms with Crippen molar-refractivity contribution in [2.45, 2.75) is 51.2 Å². The van der Waals surface area contributed by atoms with Crippen molar-refractivity contribution in [3.05, 3.63) is 42.1 Å². The second-order valence-corrected chi connectivity index (χ2v) is 10.5. The molecule has 9 heteroatoms. The molecule has 0 aliphatic carbocycles. The number of alkyl halides is 1. The summed E-state index contributed by atoms with van der Waals surface area (Å²) in [5.41, 5.74) is -0.244. The van der Waals surface area contributed by atoms with Crippen LogP contribution in [-0.2, 0) is 0 Å². The van der Waals surface area contributed by atoms with Gasteiger partial charge in [0, 0.05) is 37.3 Å². The van der Waals surface area contributed by atoms with Gasteiger partial charge in [-0.05, 0) is 77.7 Å². The molecule has 0 spiro atoms. The molecule has 2 fully saturated rings. The van der Waals surface area contributed by atoms with Gasteiger partial charge in [0.05, 0.1) is 24.7 Å². The van der Waals surface area contributed by atoms with Crippen molar-refractivity contribution in [1.82, 2.24) is 25.1 Å². The monoisotopic (exact) mass is 501 g/mol. The molecule has 2 aliphatic heterocycles. The van der Waals surface area contributed by atoms with Gasteiger partial charge >= 0.3 is 0 Å². The number of hydrogen-bond acceptors (Lipinski definition) is 6. The van der Waals surface area contributed by atoms with Gasteiger partial charge in [0.1, 0.15) is 22.9 Å². The predicted octanol–water partition coefficient (Wildman–Crippen LogP) is 3.95. The maximum Gasteiger partial charge on any atom is 0.274 e. The van der Waals surface area contributed by atoms with Crippen molar-refractivity contribution in [3.63, 3.8) is 0 Å². The Morgan fingerprint density at radius 1 is 1.17 bits per heavy atom. The number of halogens is 2. The van der Waals surface area contributed by atoms with Crippen LogP contribution in [0.3, 0.4) is 0 Å². The average molecular weight is 502 g/mol. The lowest BCUT2D eigenvalue weighted by Crippen LogP contribution is -2.41. The Morgan fingerprint density at radius 2 is 1.94 bits per heavy atom. The van der Waals surface area contributed by atoms with E-state index in [1.54, 1.807) is 26.0 Å². The normalized spacial score (nSPS) is 19.6. The van der Waals surface area contributed by atoms with E-state index >= 15 is 0 Å². The summed E-state index contributed by atoms with van der Waals surface area (Å²) in [7, 11) is 1.88. The van der Waals surface area contributed by atoms with Crippen LogP contribution < -0.4 is 10.1 Å². The van der Waals surface area contributed by atoms with Gasteiger partial charge in [-0.1, -0.05) is 0 Å². The maximum atomic E-state index is 14.9. The molecule has 3 heterocycles. The highest BCUT2D eigenvalue weighted by atomic mass is 19.1. The second-order valence-electron chi connectivity index (χ2n) is 10.5. The number of nitrogens with zero attached hydrogens (tertiary/aromatic N) is 4. The Morgan fingerprint density at radius 3 is 2.58 bits per heavy atom. The summed E-state index contributed by atoms with van der Waals surface area (Å²) in [4.78, 5) is 25.4. The largest absolute Gasteiger partial charge is 0.493 e. The average Bonchev–Trinajstić information content (AvgIpc) is 3.31. The van der Waals surface area contributed by atoms with E-state index in [9.17, 15) is 13.6 Å². The number of likely N-dealkylation sites (tertiary alicyclic amines) is 2. The first-order chi connectivity index (χ1) is 17.2. The molecule has 0 saturated carbocycles. The molecule has 36 heavy (non-hydrogen) atoms. The topological polar surface area (TPSA) is 70.6 Å². The molecule has 2 aliphatic rings. The Hall–Kier alpha value is -2.65. The molecular weight excluding hydrogens is 464 g/mol. The number of nitrogens with one attached hydrogen (secondary N) is 1. The van der Waals surface area contributed by atoms with Crippen molar-refractivity contribution >= 4 is 5.91 Å². The summed E-state index contributed by atoms with van der Waals surface area (Å²) in [5.74, 6) is 0.240. The summed E-state index contributed by atoms with van der Waals surface area (Å²) in [5, 5.41) is 3.13. The molecule has 196 valence electrons. The lowest BCUT2D eigenvalue weighted by molar-refractivity contribution is 0.0730. The van der Waals surface area contributed by atoms with Gasteiger partial charge in [-0.15, -0.1) is 0 Å². The minimum Gasteiger partial charge on any atom is -0.493 e. The van der Waals surface area contributed by atoms with Crippen molar-refractivity contribution in [2.24, 2.45) is 5.92 Å². The van der Waals surface area contributed by atoms with Crippen LogP contribution in [0.1, 0.15) is 50.0 Å². The van der Waals surface area contributed by atoms with Gasteiger partial charge in [-0.3, -0.25) is 9.78 Å². The van der Waals surface area contributed by atoms with Crippen LogP contribution in [0.15, 0.2) is 30.6 Å². The molecule has 1 amide bonds. The predicted molar refractivity (Wildman–Crippen MR) is 135 cm³/mol. The van der Waals surface area contributed by atoms with Crippen LogP contribution in [0.4, 0.5) is 8.78 Å². The molecule has 1 atom stereocenters. The molecule has 0 radical (unpaired) electrons. The third-order valence-corrected chi connectivity index (χ3v) is 6.96. The lowest BCUT2D eigenvalue weighted by atomic mass is 9.97. The summed E-state index contributed by atoms with van der Waals surface area (Å²) in [6, 6.07) is 4.88. The van der Waals surface area contributed by atoms with Crippen molar-refractivity contribution < 1.29 is 18.3 Å². The van der Waals surface area contributed by atoms with Crippen LogP contribution in [0.25, 0.3) is 11.3 Å². The van der Waals surface area contributed by atoms with Crippen molar-refractivity contribution in [1.29, 1.82) is 0 Å². The number of rotatable bonds is 9. The first-order valence-electron chi connectivity index (χ1n) is 12.8. The first-order valence-corrected chi connectivity index (χ1v) is 12.8. The molecule has 1 aromatic carbocycles. The quantitative estimate of drug-likeness (QED) is 0.561. The number of ether oxygens (including phenoxy) is 1. The SMILES string of the molecule is CNCC1CCCN1C(=O)c1cnc(-c2ccc(OCC3CCN(CC(C)(C)F)CC3)cc2F)cn1. The van der Waals surface area contributed by atoms with Crippen LogP contribution in [-0.4, -0.2) is 83.8 Å². The Kier molecular flexibility index (Phi) is 8.51. The van der Waals surface area contributed by atoms with Crippen molar-refractivity contribution in [3.8, 4) is 17.0 Å². The standard InChI is InChI=1S/C27H37F2N5O2/c1-27(2,29)18-33-11-8-19(9-12-33)17-36-21-6-7-22(23(28)13-21)24-15-32-25(16-31-24)26(35)34-10-4-5-20(34)14-30-3/h6-7,13,15-16,19-20,30H,4-5,8-12,14,17-18H2,1-3H3. The number of hydrogen-bond donors (Lipinski definition) is 1. The zero-order valence-corrected chi connectivity index (χ0v) is 21.5. The van der Waals surface area contributed by atoms with Gasteiger partial charge in [-0.25, -0.2) is 13.8 Å². The number of aromatic nitrogens is 2. The molecular formula is C27H37F2N5O2. The zero-order chi connectivity index (χ0) is 25.7. The van der Waals surface area contributed by atoms with Gasteiger partial charge in [0.15, 0.2) is 0 Å². The third kappa shape index (κ3) is 6.76. The highest BCUT2D eigenvalue weighted by Crippen LogP contribution is 2.27. The number of piperidine rings is 1. The summed E-state index contributed by atoms with van der Waals surface area (Å²) >= 11 is 0. The maximum absolute atomic E-state index is 14.9. The molecule has 0 bridgehead atoms. The Bertz CT molecular complexity index is 1020. The van der Waals surface area contributed by atoms with Gasteiger partial charge < -0.3 is 19.9 Å². The van der Waals surface area contributed by atoms with E-state index in [0.29, 0.717) is 42.6 Å². The number of carbonyl (C=O) groups is 1. The van der Waals surface area contributed by atoms with E-state index in [1.165, 1.54) is 18.5 Å². The third-order valence-electron chi connectivity index (χ3n) is 6.96. The van der Waals surface area contributed by atoms with Crippen LogP contribution >= 0.6 is 0 Å². The zero-order valence-electron chi connectivity index (χ0n) is 21.5. The Labute approximate surface area is 212 Å². The van der Waals surface area contributed by atoms with E-state index in [4.69, 9.17) is 4.74 Å². The van der Waals surface area contributed by atoms with Crippen molar-refractivity contribution in [2.75, 3.05) is 46.4 Å². The highest BCUT2D eigenvalue weighted by Gasteiger charge is 2.30. The van der Waals surface area contributed by atoms with E-state index in [1.807, 2.05) is 11.9 Å². The summed E-state index contributed by atoms with van der Waals surface area (Å²) in [6.45, 7) is 7.31. The Balaban J connectivity index is 1.31. The van der Waals surface area contributed by atoms with E-state index in [0.717, 1.165) is 45.3 Å². The minimum absolute atomic E-state index is 0.143. The highest BCUT2D eigenvalue weighted by molar-refractivity contribution is 5.92. The molecule has 2 saturated heterocycles. The first kappa shape index (κ1) is 26.4. The molecule has 1 aromatic heterocycles. The second kappa shape index (κ2) is 11.6. The molecule has 7 nitrogen and oxygen atoms in total. The van der Waals surface area contributed by atoms with Crippen LogP contribution in [0, 0.1) is 11.7 Å². The number of carbonyl (C=O) groups excluding carboxylic acids is 1. The minimum atomic E-state index is -1.19. The van der Waals surface area contributed by atoms with Gasteiger partial charge in [0.2, 0.25) is 0 Å². The van der Waals surface area contributed by atoms with E-state index in [-0.39, 0.29) is 17.6 Å². The smallest absolute Gasteiger partial charge is 0.274 e. The number of amides is 1. The van der Waals surface area contributed by atoms with E-state index in [2.05, 4.69) is 20.2 Å². The van der Waals surface area contributed by atoms with Crippen LogP contribution in [0.5, 0.6) is 5.75 Å². The van der Waals surface area contributed by atoms with E-state index < -0.39 is 11.5 Å². The van der Waals surface area contributed by atoms with Crippen LogP contribution in [0.2, 0.25) is 0 Å². The number of likely N-dealkylation sites (N-methyl/N-ethyl adjacent to an activating group) is 1. The number of benzene rings is 1. The molecule has 4 rings (SSSR count). The summed E-state index contributed by atoms with van der Waals surface area (Å²) in [6.07, 6.45) is 6.68. The fourth-order valence-electron chi connectivity index (χ4n) is 5.13. The molecule has 2 aromatic rings.